The lowest BCUT2D eigenvalue weighted by atomic mass is 10.0. The number of nitrogens with zero attached hydrogens (tertiary/aromatic N) is 3. The van der Waals surface area contributed by atoms with Gasteiger partial charge in [-0.3, -0.25) is 4.79 Å². The molecule has 0 fully saturated rings. The number of rotatable bonds is 6. The van der Waals surface area contributed by atoms with Gasteiger partial charge in [-0.05, 0) is 41.5 Å². The first-order valence-electron chi connectivity index (χ1n) is 8.46. The lowest BCUT2D eigenvalue weighted by molar-refractivity contribution is -0.274. The summed E-state index contributed by atoms with van der Waals surface area (Å²) in [5, 5.41) is 0.520. The van der Waals surface area contributed by atoms with Crippen molar-refractivity contribution in [2.75, 3.05) is 5.73 Å². The number of halogens is 3. The van der Waals surface area contributed by atoms with Crippen LogP contribution in [-0.2, 0) is 11.4 Å². The van der Waals surface area contributed by atoms with Crippen LogP contribution in [0.15, 0.2) is 60.9 Å². The molecule has 156 valence electrons. The molecule has 0 spiro atoms. The van der Waals surface area contributed by atoms with Crippen molar-refractivity contribution < 1.29 is 27.5 Å². The Bertz CT molecular complexity index is 1010. The summed E-state index contributed by atoms with van der Waals surface area (Å²) in [5.41, 5.74) is 7.16. The van der Waals surface area contributed by atoms with Gasteiger partial charge in [0.1, 0.15) is 12.4 Å². The van der Waals surface area contributed by atoms with Crippen LogP contribution >= 0.6 is 0 Å². The lowest BCUT2D eigenvalue weighted by Gasteiger charge is -2.17. The summed E-state index contributed by atoms with van der Waals surface area (Å²) in [7, 11) is 0. The quantitative estimate of drug-likeness (QED) is 0.273. The number of carbonyl (C=O) groups is 1. The molecule has 1 amide bonds. The average Bonchev–Trinajstić information content (AvgIpc) is 2.72. The number of hydrogen-bond donors (Lipinski definition) is 2. The number of hydroxylamine groups is 1. The van der Waals surface area contributed by atoms with Gasteiger partial charge in [0, 0.05) is 18.1 Å². The molecule has 0 aliphatic carbocycles. The normalized spacial score (nSPS) is 11.2. The van der Waals surface area contributed by atoms with Gasteiger partial charge in [0.15, 0.2) is 5.82 Å². The molecule has 11 heteroatoms. The molecule has 0 radical (unpaired) electrons. The molecule has 3 rings (SSSR count). The second-order valence-corrected chi connectivity index (χ2v) is 5.94. The van der Waals surface area contributed by atoms with Crippen molar-refractivity contribution in [3.8, 4) is 16.9 Å². The average molecular weight is 419 g/mol. The van der Waals surface area contributed by atoms with Gasteiger partial charge >= 0.3 is 6.36 Å². The van der Waals surface area contributed by atoms with E-state index in [1.165, 1.54) is 48.8 Å². The number of carbonyl (C=O) groups excluding carboxylic acids is 1. The molecule has 1 heterocycles. The Hall–Kier alpha value is -3.70. The summed E-state index contributed by atoms with van der Waals surface area (Å²) in [5.74, 6) is 4.90. The van der Waals surface area contributed by atoms with Crippen molar-refractivity contribution in [1.29, 1.82) is 0 Å². The topological polar surface area (TPSA) is 117 Å². The lowest BCUT2D eigenvalue weighted by Crippen LogP contribution is -2.37. The van der Waals surface area contributed by atoms with Gasteiger partial charge < -0.3 is 10.5 Å². The first-order valence-corrected chi connectivity index (χ1v) is 8.46. The number of aromatic nitrogens is 2. The fourth-order valence-corrected chi connectivity index (χ4v) is 2.48. The Kier molecular flexibility index (Phi) is 6.14. The van der Waals surface area contributed by atoms with Gasteiger partial charge in [-0.2, -0.15) is 0 Å². The van der Waals surface area contributed by atoms with E-state index in [4.69, 9.17) is 16.4 Å². The Morgan fingerprint density at radius 2 is 1.67 bits per heavy atom. The van der Waals surface area contributed by atoms with E-state index in [1.807, 2.05) is 0 Å². The highest BCUT2D eigenvalue weighted by Gasteiger charge is 2.31. The van der Waals surface area contributed by atoms with E-state index < -0.39 is 12.3 Å². The number of hydrazine groups is 1. The van der Waals surface area contributed by atoms with Crippen molar-refractivity contribution in [3.63, 3.8) is 0 Å². The van der Waals surface area contributed by atoms with Gasteiger partial charge in [-0.1, -0.05) is 18.2 Å². The van der Waals surface area contributed by atoms with Crippen LogP contribution in [0.1, 0.15) is 16.2 Å². The summed E-state index contributed by atoms with van der Waals surface area (Å²) in [4.78, 5) is 25.7. The molecular weight excluding hydrogens is 403 g/mol. The maximum absolute atomic E-state index is 12.6. The Morgan fingerprint density at radius 1 is 1.03 bits per heavy atom. The van der Waals surface area contributed by atoms with Crippen LogP contribution in [0.2, 0.25) is 0 Å². The number of anilines is 1. The zero-order chi connectivity index (χ0) is 21.7. The molecule has 1 aromatic heterocycles. The number of hydrogen-bond acceptors (Lipinski definition) is 7. The van der Waals surface area contributed by atoms with E-state index >= 15 is 0 Å². The molecular formula is C19H16F3N5O3. The van der Waals surface area contributed by atoms with E-state index in [2.05, 4.69) is 14.7 Å². The minimum Gasteiger partial charge on any atom is -0.406 e. The maximum Gasteiger partial charge on any atom is 0.573 e. The van der Waals surface area contributed by atoms with Gasteiger partial charge in [0.25, 0.3) is 5.91 Å². The van der Waals surface area contributed by atoms with Crippen molar-refractivity contribution in [3.05, 3.63) is 72.3 Å². The zero-order valence-corrected chi connectivity index (χ0v) is 15.3. The molecule has 0 atom stereocenters. The third-order valence-electron chi connectivity index (χ3n) is 3.86. The van der Waals surface area contributed by atoms with Crippen molar-refractivity contribution >= 4 is 11.6 Å². The minimum absolute atomic E-state index is 0.0552. The number of alkyl halides is 3. The fraction of sp³-hybridized carbons (Fsp3) is 0.105. The summed E-state index contributed by atoms with van der Waals surface area (Å²) in [6, 6.07) is 11.4. The van der Waals surface area contributed by atoms with Crippen LogP contribution in [0, 0.1) is 0 Å². The number of nitrogens with two attached hydrogens (primary N) is 2. The zero-order valence-electron chi connectivity index (χ0n) is 15.3. The molecule has 0 aliphatic heterocycles. The third kappa shape index (κ3) is 5.43. The van der Waals surface area contributed by atoms with E-state index in [-0.39, 0.29) is 23.6 Å². The van der Waals surface area contributed by atoms with Crippen LogP contribution in [0.5, 0.6) is 5.75 Å². The Morgan fingerprint density at radius 3 is 2.30 bits per heavy atom. The highest BCUT2D eigenvalue weighted by Crippen LogP contribution is 2.28. The molecule has 8 nitrogen and oxygen atoms in total. The van der Waals surface area contributed by atoms with Gasteiger partial charge in [0.2, 0.25) is 0 Å². The second kappa shape index (κ2) is 8.76. The van der Waals surface area contributed by atoms with Crippen LogP contribution in [0.25, 0.3) is 11.1 Å². The molecule has 4 N–H and O–H groups in total. The molecule has 0 unspecified atom stereocenters. The van der Waals surface area contributed by atoms with E-state index in [0.717, 1.165) is 0 Å². The monoisotopic (exact) mass is 419 g/mol. The van der Waals surface area contributed by atoms with E-state index in [9.17, 15) is 18.0 Å². The summed E-state index contributed by atoms with van der Waals surface area (Å²) in [6.07, 6.45) is -1.75. The van der Waals surface area contributed by atoms with Crippen molar-refractivity contribution in [2.24, 2.45) is 5.84 Å². The summed E-state index contributed by atoms with van der Waals surface area (Å²) < 4.78 is 40.7. The summed E-state index contributed by atoms with van der Waals surface area (Å²) in [6.45, 7) is -0.136. The van der Waals surface area contributed by atoms with Crippen molar-refractivity contribution in [1.82, 2.24) is 15.1 Å². The van der Waals surface area contributed by atoms with E-state index in [1.54, 1.807) is 12.1 Å². The first kappa shape index (κ1) is 21.0. The maximum atomic E-state index is 12.6. The number of amides is 1. The molecule has 0 aliphatic rings. The smallest absolute Gasteiger partial charge is 0.406 e. The number of ether oxygens (including phenoxy) is 1. The second-order valence-electron chi connectivity index (χ2n) is 5.94. The number of benzene rings is 2. The van der Waals surface area contributed by atoms with Gasteiger partial charge in [-0.15, -0.1) is 18.3 Å². The molecule has 3 aromatic rings. The molecule has 0 bridgehead atoms. The first-order chi connectivity index (χ1) is 14.2. The van der Waals surface area contributed by atoms with Crippen molar-refractivity contribution in [2.45, 2.75) is 13.0 Å². The predicted molar refractivity (Wildman–Crippen MR) is 100 cm³/mol. The standard InChI is InChI=1S/C19H16F3N5O3/c20-19(21,22)30-14-5-2-12(3-6-14)13-4-7-16(23)15(10-13)18(28)27(24)29-11-17-25-8-1-9-26-17/h1-10H,11,23-24H2. The third-order valence-corrected chi connectivity index (χ3v) is 3.86. The SMILES string of the molecule is Nc1ccc(-c2ccc(OC(F)(F)F)cc2)cc1C(=O)N(N)OCc1ncccn1. The van der Waals surface area contributed by atoms with Crippen LogP contribution in [0.3, 0.4) is 0 Å². The van der Waals surface area contributed by atoms with Crippen LogP contribution in [-0.4, -0.2) is 27.4 Å². The van der Waals surface area contributed by atoms with Gasteiger partial charge in [-0.25, -0.2) is 20.6 Å². The van der Waals surface area contributed by atoms with Gasteiger partial charge in [0.05, 0.1) is 5.56 Å². The molecule has 0 saturated carbocycles. The highest BCUT2D eigenvalue weighted by molar-refractivity contribution is 5.99. The predicted octanol–water partition coefficient (Wildman–Crippen LogP) is 3.07. The largest absolute Gasteiger partial charge is 0.573 e. The van der Waals surface area contributed by atoms with Crippen LogP contribution in [0.4, 0.5) is 18.9 Å². The fourth-order valence-electron chi connectivity index (χ4n) is 2.48. The number of nitrogen functional groups attached to an aromatic ring is 1. The Balaban J connectivity index is 1.75. The minimum atomic E-state index is -4.78. The molecule has 0 saturated heterocycles. The Labute approximate surface area is 168 Å². The van der Waals surface area contributed by atoms with Crippen LogP contribution < -0.4 is 16.3 Å². The molecule has 2 aromatic carbocycles. The highest BCUT2D eigenvalue weighted by atomic mass is 19.4. The summed E-state index contributed by atoms with van der Waals surface area (Å²) >= 11 is 0. The van der Waals surface area contributed by atoms with E-state index in [0.29, 0.717) is 22.1 Å². The molecule has 30 heavy (non-hydrogen) atoms.